The Hall–Kier alpha value is -1.83. The molecule has 0 bridgehead atoms. The van der Waals surface area contributed by atoms with Crippen LogP contribution < -0.4 is 21.3 Å². The largest absolute Gasteiger partial charge is 0.382 e. The van der Waals surface area contributed by atoms with Gasteiger partial charge in [0.25, 0.3) is 5.91 Å². The molecule has 116 valence electrons. The summed E-state index contributed by atoms with van der Waals surface area (Å²) in [6, 6.07) is 0. The Bertz CT molecular complexity index is 523. The number of nitrogens with one attached hydrogen (secondary N) is 2. The van der Waals surface area contributed by atoms with Crippen molar-refractivity contribution in [2.45, 2.75) is 19.8 Å². The molecule has 1 aliphatic heterocycles. The smallest absolute Gasteiger partial charge is 0.257 e. The van der Waals surface area contributed by atoms with E-state index in [2.05, 4.69) is 19.9 Å². The highest BCUT2D eigenvalue weighted by atomic mass is 32.1. The number of rotatable bonds is 4. The van der Waals surface area contributed by atoms with Gasteiger partial charge in [0.15, 0.2) is 5.82 Å². The van der Waals surface area contributed by atoms with Crippen molar-refractivity contribution in [3.05, 3.63) is 5.56 Å². The summed E-state index contributed by atoms with van der Waals surface area (Å²) in [5.74, 6) is 0.583. The van der Waals surface area contributed by atoms with E-state index in [9.17, 15) is 9.59 Å². The fourth-order valence-electron chi connectivity index (χ4n) is 2.48. The predicted molar refractivity (Wildman–Crippen MR) is 83.5 cm³/mol. The highest BCUT2D eigenvalue weighted by Crippen LogP contribution is 2.33. The predicted octanol–water partition coefficient (Wildman–Crippen LogP) is 0.437. The van der Waals surface area contributed by atoms with Gasteiger partial charge >= 0.3 is 0 Å². The Morgan fingerprint density at radius 2 is 2.10 bits per heavy atom. The third-order valence-electron chi connectivity index (χ3n) is 3.70. The first kappa shape index (κ1) is 15.6. The van der Waals surface area contributed by atoms with Crippen molar-refractivity contribution in [1.29, 1.82) is 0 Å². The highest BCUT2D eigenvalue weighted by molar-refractivity contribution is 7.11. The second-order valence-electron chi connectivity index (χ2n) is 5.19. The van der Waals surface area contributed by atoms with Crippen LogP contribution in [0.25, 0.3) is 0 Å². The van der Waals surface area contributed by atoms with Crippen LogP contribution in [0.3, 0.4) is 0 Å². The van der Waals surface area contributed by atoms with E-state index in [0.29, 0.717) is 11.5 Å². The molecular weight excluding hydrogens is 290 g/mol. The van der Waals surface area contributed by atoms with Crippen molar-refractivity contribution in [3.8, 4) is 0 Å². The van der Waals surface area contributed by atoms with Crippen molar-refractivity contribution in [2.75, 3.05) is 37.3 Å². The van der Waals surface area contributed by atoms with Crippen LogP contribution in [0.2, 0.25) is 0 Å². The van der Waals surface area contributed by atoms with Gasteiger partial charge in [0, 0.05) is 33.6 Å². The van der Waals surface area contributed by atoms with E-state index in [1.165, 1.54) is 18.5 Å². The van der Waals surface area contributed by atoms with E-state index in [4.69, 9.17) is 5.73 Å². The summed E-state index contributed by atoms with van der Waals surface area (Å²) in [6.07, 6.45) is 1.95. The molecule has 0 unspecified atom stereocenters. The van der Waals surface area contributed by atoms with Crippen LogP contribution >= 0.6 is 11.5 Å². The van der Waals surface area contributed by atoms with Gasteiger partial charge in [0.1, 0.15) is 10.6 Å². The second-order valence-corrected chi connectivity index (χ2v) is 5.95. The van der Waals surface area contributed by atoms with Gasteiger partial charge < -0.3 is 21.3 Å². The van der Waals surface area contributed by atoms with Gasteiger partial charge in [-0.3, -0.25) is 9.59 Å². The molecule has 0 atom stereocenters. The molecule has 1 fully saturated rings. The molecule has 1 aromatic rings. The van der Waals surface area contributed by atoms with Crippen molar-refractivity contribution in [3.63, 3.8) is 0 Å². The van der Waals surface area contributed by atoms with Crippen LogP contribution in [-0.2, 0) is 4.79 Å². The van der Waals surface area contributed by atoms with E-state index in [-0.39, 0.29) is 17.6 Å². The van der Waals surface area contributed by atoms with E-state index < -0.39 is 0 Å². The van der Waals surface area contributed by atoms with Crippen molar-refractivity contribution in [1.82, 2.24) is 15.0 Å². The van der Waals surface area contributed by atoms with Gasteiger partial charge in [-0.05, 0) is 30.3 Å². The van der Waals surface area contributed by atoms with Crippen molar-refractivity contribution < 1.29 is 9.59 Å². The van der Waals surface area contributed by atoms with Crippen LogP contribution in [0.1, 0.15) is 30.1 Å². The topological polar surface area (TPSA) is 100 Å². The number of nitrogen functional groups attached to an aromatic ring is 1. The molecule has 2 amide bonds. The fourth-order valence-corrected chi connectivity index (χ4v) is 3.34. The van der Waals surface area contributed by atoms with Gasteiger partial charge in [0.05, 0.1) is 0 Å². The molecule has 0 aliphatic carbocycles. The number of hydrogen-bond acceptors (Lipinski definition) is 6. The zero-order valence-corrected chi connectivity index (χ0v) is 13.1. The summed E-state index contributed by atoms with van der Waals surface area (Å²) in [4.78, 5) is 25.0. The van der Waals surface area contributed by atoms with E-state index in [0.717, 1.165) is 37.5 Å². The summed E-state index contributed by atoms with van der Waals surface area (Å²) in [7, 11) is 1.59. The molecule has 2 rings (SSSR count). The van der Waals surface area contributed by atoms with E-state index in [1.807, 2.05) is 0 Å². The Morgan fingerprint density at radius 3 is 2.67 bits per heavy atom. The number of aromatic nitrogens is 1. The molecule has 1 aromatic heterocycles. The zero-order chi connectivity index (χ0) is 15.4. The lowest BCUT2D eigenvalue weighted by atomic mass is 9.96. The lowest BCUT2D eigenvalue weighted by Crippen LogP contribution is -2.38. The van der Waals surface area contributed by atoms with Gasteiger partial charge in [-0.25, -0.2) is 0 Å². The SMILES string of the molecule is CNC(=O)c1c(N)nsc1N1CCC(CNC(C)=O)CC1. The Labute approximate surface area is 128 Å². The number of anilines is 2. The minimum Gasteiger partial charge on any atom is -0.382 e. The number of piperidine rings is 1. The molecule has 0 aromatic carbocycles. The first-order valence-electron chi connectivity index (χ1n) is 6.99. The highest BCUT2D eigenvalue weighted by Gasteiger charge is 2.26. The number of hydrogen-bond donors (Lipinski definition) is 3. The molecular formula is C13H21N5O2S. The van der Waals surface area contributed by atoms with Gasteiger partial charge in [-0.1, -0.05) is 0 Å². The first-order chi connectivity index (χ1) is 10.0. The normalized spacial score (nSPS) is 15.8. The van der Waals surface area contributed by atoms with E-state index >= 15 is 0 Å². The molecule has 8 heteroatoms. The number of carbonyl (C=O) groups is 2. The third kappa shape index (κ3) is 3.63. The third-order valence-corrected chi connectivity index (χ3v) is 4.62. The molecule has 0 radical (unpaired) electrons. The standard InChI is InChI=1S/C13H21N5O2S/c1-8(19)16-7-9-3-5-18(6-4-9)13-10(12(20)15-2)11(14)17-21-13/h9H,3-7H2,1-2H3,(H2,14,17)(H,15,20)(H,16,19). The number of nitrogens with zero attached hydrogens (tertiary/aromatic N) is 2. The van der Waals surface area contributed by atoms with Crippen molar-refractivity contribution in [2.24, 2.45) is 5.92 Å². The molecule has 21 heavy (non-hydrogen) atoms. The van der Waals surface area contributed by atoms with Crippen LogP contribution in [0.4, 0.5) is 10.8 Å². The molecule has 2 heterocycles. The maximum absolute atomic E-state index is 11.9. The minimum atomic E-state index is -0.198. The fraction of sp³-hybridized carbons (Fsp3) is 0.615. The molecule has 1 saturated heterocycles. The van der Waals surface area contributed by atoms with Crippen LogP contribution in [-0.4, -0.2) is 42.9 Å². The van der Waals surface area contributed by atoms with Crippen LogP contribution in [0.5, 0.6) is 0 Å². The number of amides is 2. The Balaban J connectivity index is 1.99. The lowest BCUT2D eigenvalue weighted by Gasteiger charge is -2.32. The first-order valence-corrected chi connectivity index (χ1v) is 7.76. The number of nitrogens with two attached hydrogens (primary N) is 1. The van der Waals surface area contributed by atoms with Gasteiger partial charge in [-0.2, -0.15) is 4.37 Å². The maximum Gasteiger partial charge on any atom is 0.257 e. The Morgan fingerprint density at radius 1 is 1.43 bits per heavy atom. The van der Waals surface area contributed by atoms with Gasteiger partial charge in [0.2, 0.25) is 5.91 Å². The van der Waals surface area contributed by atoms with Crippen LogP contribution in [0, 0.1) is 5.92 Å². The quantitative estimate of drug-likeness (QED) is 0.749. The molecule has 0 spiro atoms. The molecule has 1 aliphatic rings. The zero-order valence-electron chi connectivity index (χ0n) is 12.3. The summed E-state index contributed by atoms with van der Waals surface area (Å²) in [5.41, 5.74) is 6.27. The van der Waals surface area contributed by atoms with Crippen LogP contribution in [0.15, 0.2) is 0 Å². The monoisotopic (exact) mass is 311 g/mol. The summed E-state index contributed by atoms with van der Waals surface area (Å²) in [6.45, 7) is 3.94. The average Bonchev–Trinajstić information content (AvgIpc) is 2.86. The second kappa shape index (κ2) is 6.75. The molecule has 7 nitrogen and oxygen atoms in total. The minimum absolute atomic E-state index is 0.00885. The summed E-state index contributed by atoms with van der Waals surface area (Å²) >= 11 is 1.27. The van der Waals surface area contributed by atoms with E-state index in [1.54, 1.807) is 7.05 Å². The van der Waals surface area contributed by atoms with Crippen molar-refractivity contribution >= 4 is 34.2 Å². The summed E-state index contributed by atoms with van der Waals surface area (Å²) < 4.78 is 4.10. The van der Waals surface area contributed by atoms with Gasteiger partial charge in [-0.15, -0.1) is 0 Å². The lowest BCUT2D eigenvalue weighted by molar-refractivity contribution is -0.119. The maximum atomic E-state index is 11.9. The summed E-state index contributed by atoms with van der Waals surface area (Å²) in [5, 5.41) is 6.30. The number of carbonyl (C=O) groups excluding carboxylic acids is 2. The molecule has 0 saturated carbocycles. The Kier molecular flexibility index (Phi) is 5.00. The molecule has 4 N–H and O–H groups in total. The average molecular weight is 311 g/mol.